The molecule has 0 aromatic heterocycles. The molecule has 0 fully saturated rings. The summed E-state index contributed by atoms with van der Waals surface area (Å²) in [5, 5.41) is 16.1. The Bertz CT molecular complexity index is 798. The number of aliphatic hydroxyl groups is 1. The largest absolute Gasteiger partial charge is 0.496 e. The summed E-state index contributed by atoms with van der Waals surface area (Å²) in [4.78, 5) is 0. The summed E-state index contributed by atoms with van der Waals surface area (Å²) in [6, 6.07) is 29.1. The minimum Gasteiger partial charge on any atom is -0.496 e. The SMILES string of the molecule is COc1ccccc1C(NCCNCCO)(c1ccccc1)c1ccccc1. The van der Waals surface area contributed by atoms with Crippen molar-refractivity contribution in [1.82, 2.24) is 10.6 Å². The zero-order valence-electron chi connectivity index (χ0n) is 16.3. The smallest absolute Gasteiger partial charge is 0.124 e. The fourth-order valence-electron chi connectivity index (χ4n) is 3.65. The molecule has 0 bridgehead atoms. The van der Waals surface area contributed by atoms with Crippen molar-refractivity contribution >= 4 is 0 Å². The molecule has 0 atom stereocenters. The topological polar surface area (TPSA) is 53.5 Å². The van der Waals surface area contributed by atoms with Crippen LogP contribution in [0, 0.1) is 0 Å². The fraction of sp³-hybridized carbons (Fsp3) is 0.250. The molecule has 3 aromatic rings. The van der Waals surface area contributed by atoms with Crippen molar-refractivity contribution in [3.63, 3.8) is 0 Å². The highest BCUT2D eigenvalue weighted by Gasteiger charge is 2.37. The van der Waals surface area contributed by atoms with Crippen LogP contribution in [-0.4, -0.2) is 38.5 Å². The molecule has 4 heteroatoms. The van der Waals surface area contributed by atoms with Crippen LogP contribution in [0.25, 0.3) is 0 Å². The van der Waals surface area contributed by atoms with Crippen molar-refractivity contribution < 1.29 is 9.84 Å². The molecule has 28 heavy (non-hydrogen) atoms. The molecule has 0 amide bonds. The van der Waals surface area contributed by atoms with E-state index >= 15 is 0 Å². The first-order valence-corrected chi connectivity index (χ1v) is 9.64. The number of rotatable bonds is 10. The number of hydrogen-bond donors (Lipinski definition) is 3. The van der Waals surface area contributed by atoms with Gasteiger partial charge in [-0.05, 0) is 17.2 Å². The van der Waals surface area contributed by atoms with Gasteiger partial charge in [-0.2, -0.15) is 0 Å². The first kappa shape index (κ1) is 20.1. The summed E-state index contributed by atoms with van der Waals surface area (Å²) < 4.78 is 5.75. The van der Waals surface area contributed by atoms with Crippen molar-refractivity contribution in [2.24, 2.45) is 0 Å². The van der Waals surface area contributed by atoms with Gasteiger partial charge < -0.3 is 15.2 Å². The van der Waals surface area contributed by atoms with E-state index in [1.165, 1.54) is 0 Å². The minimum absolute atomic E-state index is 0.134. The van der Waals surface area contributed by atoms with Crippen molar-refractivity contribution in [2.45, 2.75) is 5.54 Å². The maximum Gasteiger partial charge on any atom is 0.124 e. The lowest BCUT2D eigenvalue weighted by Gasteiger charge is -2.38. The van der Waals surface area contributed by atoms with Crippen LogP contribution in [-0.2, 0) is 5.54 Å². The van der Waals surface area contributed by atoms with Gasteiger partial charge in [0.15, 0.2) is 0 Å². The maximum atomic E-state index is 9.03. The highest BCUT2D eigenvalue weighted by atomic mass is 16.5. The van der Waals surface area contributed by atoms with Crippen molar-refractivity contribution in [2.75, 3.05) is 33.4 Å². The lowest BCUT2D eigenvalue weighted by molar-refractivity contribution is 0.291. The van der Waals surface area contributed by atoms with Gasteiger partial charge in [0.2, 0.25) is 0 Å². The zero-order valence-corrected chi connectivity index (χ0v) is 16.3. The Morgan fingerprint density at radius 1 is 0.750 bits per heavy atom. The molecule has 0 aliphatic rings. The van der Waals surface area contributed by atoms with Crippen LogP contribution in [0.15, 0.2) is 84.9 Å². The Balaban J connectivity index is 2.14. The standard InChI is InChI=1S/C24H28N2O2/c1-28-23-15-9-8-14-22(23)24(20-10-4-2-5-11-20,21-12-6-3-7-13-21)26-17-16-25-18-19-27/h2-15,25-27H,16-19H2,1H3. The molecular formula is C24H28N2O2. The Hall–Kier alpha value is -2.66. The molecule has 0 heterocycles. The Kier molecular flexibility index (Phi) is 7.20. The highest BCUT2D eigenvalue weighted by Crippen LogP contribution is 2.40. The third-order valence-corrected chi connectivity index (χ3v) is 4.91. The summed E-state index contributed by atoms with van der Waals surface area (Å²) in [5.41, 5.74) is 2.80. The van der Waals surface area contributed by atoms with Gasteiger partial charge in [0, 0.05) is 25.2 Å². The van der Waals surface area contributed by atoms with E-state index in [1.807, 2.05) is 30.3 Å². The molecule has 3 rings (SSSR count). The second kappa shape index (κ2) is 10.0. The Labute approximate surface area is 167 Å². The zero-order chi connectivity index (χ0) is 19.7. The molecule has 4 nitrogen and oxygen atoms in total. The number of hydrogen-bond acceptors (Lipinski definition) is 4. The highest BCUT2D eigenvalue weighted by molar-refractivity contribution is 5.54. The van der Waals surface area contributed by atoms with Crippen LogP contribution in [0.3, 0.4) is 0 Å². The second-order valence-electron chi connectivity index (χ2n) is 6.58. The number of methoxy groups -OCH3 is 1. The molecule has 0 spiro atoms. The van der Waals surface area contributed by atoms with Gasteiger partial charge in [0.1, 0.15) is 5.75 Å². The van der Waals surface area contributed by atoms with Crippen LogP contribution in [0.1, 0.15) is 16.7 Å². The number of benzene rings is 3. The molecule has 0 aliphatic carbocycles. The van der Waals surface area contributed by atoms with Crippen LogP contribution in [0.5, 0.6) is 5.75 Å². The third kappa shape index (κ3) is 4.25. The molecule has 0 unspecified atom stereocenters. The third-order valence-electron chi connectivity index (χ3n) is 4.91. The average Bonchev–Trinajstić information content (AvgIpc) is 2.78. The molecular weight excluding hydrogens is 348 g/mol. The first-order valence-electron chi connectivity index (χ1n) is 9.64. The van der Waals surface area contributed by atoms with Crippen LogP contribution < -0.4 is 15.4 Å². The molecule has 0 aliphatic heterocycles. The predicted octanol–water partition coefficient (Wildman–Crippen LogP) is 3.16. The van der Waals surface area contributed by atoms with Gasteiger partial charge in [-0.1, -0.05) is 78.9 Å². The second-order valence-corrected chi connectivity index (χ2v) is 6.58. The van der Waals surface area contributed by atoms with Crippen molar-refractivity contribution in [3.8, 4) is 5.75 Å². The number of para-hydroxylation sites is 1. The lowest BCUT2D eigenvalue weighted by Crippen LogP contribution is -2.47. The molecule has 0 saturated carbocycles. The summed E-state index contributed by atoms with van der Waals surface area (Å²) in [7, 11) is 1.71. The summed E-state index contributed by atoms with van der Waals surface area (Å²) in [6.07, 6.45) is 0. The van der Waals surface area contributed by atoms with Gasteiger partial charge in [-0.3, -0.25) is 5.32 Å². The van der Waals surface area contributed by atoms with Crippen LogP contribution in [0.2, 0.25) is 0 Å². The lowest BCUT2D eigenvalue weighted by atomic mass is 9.76. The van der Waals surface area contributed by atoms with E-state index in [0.29, 0.717) is 6.54 Å². The van der Waals surface area contributed by atoms with Gasteiger partial charge in [-0.25, -0.2) is 0 Å². The van der Waals surface area contributed by atoms with E-state index in [0.717, 1.165) is 35.5 Å². The van der Waals surface area contributed by atoms with Crippen molar-refractivity contribution in [1.29, 1.82) is 0 Å². The quantitative estimate of drug-likeness (QED) is 0.376. The average molecular weight is 376 g/mol. The van der Waals surface area contributed by atoms with E-state index in [2.05, 4.69) is 65.2 Å². The summed E-state index contributed by atoms with van der Waals surface area (Å²) in [6.45, 7) is 2.19. The molecule has 3 N–H and O–H groups in total. The van der Waals surface area contributed by atoms with Gasteiger partial charge in [-0.15, -0.1) is 0 Å². The van der Waals surface area contributed by atoms with Gasteiger partial charge >= 0.3 is 0 Å². The first-order chi connectivity index (χ1) is 13.8. The molecule has 0 saturated heterocycles. The normalized spacial score (nSPS) is 11.4. The van der Waals surface area contributed by atoms with E-state index in [9.17, 15) is 0 Å². The number of aliphatic hydroxyl groups excluding tert-OH is 1. The monoisotopic (exact) mass is 376 g/mol. The number of nitrogens with one attached hydrogen (secondary N) is 2. The van der Waals surface area contributed by atoms with E-state index in [1.54, 1.807) is 7.11 Å². The van der Waals surface area contributed by atoms with Gasteiger partial charge in [0.05, 0.1) is 19.3 Å². The molecule has 146 valence electrons. The number of ether oxygens (including phenoxy) is 1. The van der Waals surface area contributed by atoms with Gasteiger partial charge in [0.25, 0.3) is 0 Å². The summed E-state index contributed by atoms with van der Waals surface area (Å²) >= 11 is 0. The van der Waals surface area contributed by atoms with E-state index < -0.39 is 5.54 Å². The maximum absolute atomic E-state index is 9.03. The Morgan fingerprint density at radius 2 is 1.32 bits per heavy atom. The predicted molar refractivity (Wildman–Crippen MR) is 114 cm³/mol. The fourth-order valence-corrected chi connectivity index (χ4v) is 3.65. The van der Waals surface area contributed by atoms with Crippen LogP contribution >= 0.6 is 0 Å². The van der Waals surface area contributed by atoms with Crippen molar-refractivity contribution in [3.05, 3.63) is 102 Å². The Morgan fingerprint density at radius 3 is 1.89 bits per heavy atom. The van der Waals surface area contributed by atoms with E-state index in [4.69, 9.17) is 9.84 Å². The minimum atomic E-state index is -0.560. The van der Waals surface area contributed by atoms with Crippen LogP contribution in [0.4, 0.5) is 0 Å². The summed E-state index contributed by atoms with van der Waals surface area (Å²) in [5.74, 6) is 0.839. The van der Waals surface area contributed by atoms with E-state index in [-0.39, 0.29) is 6.61 Å². The molecule has 0 radical (unpaired) electrons. The molecule has 3 aromatic carbocycles.